The van der Waals surface area contributed by atoms with Gasteiger partial charge < -0.3 is 5.32 Å². The van der Waals surface area contributed by atoms with Crippen LogP contribution in [0.5, 0.6) is 0 Å². The molecule has 5 rings (SSSR count). The molecule has 2 aromatic heterocycles. The van der Waals surface area contributed by atoms with Crippen LogP contribution in [0.4, 0.5) is 0 Å². The van der Waals surface area contributed by atoms with Gasteiger partial charge in [-0.15, -0.1) is 11.3 Å². The molecule has 0 unspecified atom stereocenters. The molecule has 4 aromatic rings. The number of pyridine rings is 1. The summed E-state index contributed by atoms with van der Waals surface area (Å²) in [4.78, 5) is 23.1. The molecule has 12 heteroatoms. The molecule has 2 N–H and O–H groups in total. The van der Waals surface area contributed by atoms with E-state index in [1.54, 1.807) is 63.5 Å². The van der Waals surface area contributed by atoms with Crippen LogP contribution in [0.25, 0.3) is 32.5 Å². The van der Waals surface area contributed by atoms with E-state index in [-0.39, 0.29) is 33.4 Å². The first kappa shape index (κ1) is 28.3. The van der Waals surface area contributed by atoms with Crippen LogP contribution in [0, 0.1) is 0 Å². The number of hydrogen-bond donors (Lipinski definition) is 2. The minimum Gasteiger partial charge on any atom is -0.347 e. The van der Waals surface area contributed by atoms with E-state index in [1.165, 1.54) is 11.3 Å². The molecular formula is C28H30N4O5S3. The third-order valence-electron chi connectivity index (χ3n) is 6.50. The molecule has 0 bridgehead atoms. The Labute approximate surface area is 238 Å². The first-order valence-electron chi connectivity index (χ1n) is 12.8. The zero-order chi connectivity index (χ0) is 28.7. The van der Waals surface area contributed by atoms with Crippen LogP contribution in [0.2, 0.25) is 0 Å². The number of hydrogen-bond acceptors (Lipinski definition) is 8. The summed E-state index contributed by atoms with van der Waals surface area (Å²) in [6, 6.07) is 14.0. The Bertz CT molecular complexity index is 1780. The van der Waals surface area contributed by atoms with Crippen LogP contribution in [-0.4, -0.2) is 55.8 Å². The van der Waals surface area contributed by atoms with Crippen molar-refractivity contribution in [3.8, 4) is 21.7 Å². The molecule has 0 spiro atoms. The number of benzene rings is 2. The number of fused-ring (bicyclic) bond motifs is 1. The smallest absolute Gasteiger partial charge is 0.280 e. The number of nitrogens with zero attached hydrogens (tertiary/aromatic N) is 2. The highest BCUT2D eigenvalue weighted by molar-refractivity contribution is 7.91. The number of rotatable bonds is 6. The Morgan fingerprint density at radius 3 is 2.35 bits per heavy atom. The highest BCUT2D eigenvalue weighted by Gasteiger charge is 2.28. The zero-order valence-corrected chi connectivity index (χ0v) is 24.8. The monoisotopic (exact) mass is 598 g/mol. The van der Waals surface area contributed by atoms with E-state index in [4.69, 9.17) is 4.98 Å². The summed E-state index contributed by atoms with van der Waals surface area (Å²) < 4.78 is 52.9. The number of carbonyl (C=O) groups is 1. The molecule has 0 atom stereocenters. The maximum Gasteiger partial charge on any atom is 0.280 e. The van der Waals surface area contributed by atoms with E-state index >= 15 is 0 Å². The molecule has 40 heavy (non-hydrogen) atoms. The van der Waals surface area contributed by atoms with E-state index in [0.29, 0.717) is 39.7 Å². The van der Waals surface area contributed by atoms with Gasteiger partial charge in [-0.2, -0.15) is 0 Å². The molecule has 9 nitrogen and oxygen atoms in total. The van der Waals surface area contributed by atoms with Gasteiger partial charge in [-0.05, 0) is 57.2 Å². The predicted molar refractivity (Wildman–Crippen MR) is 158 cm³/mol. The molecular weight excluding hydrogens is 569 g/mol. The molecule has 0 aliphatic carbocycles. The molecule has 0 radical (unpaired) electrons. The average Bonchev–Trinajstić information content (AvgIpc) is 3.34. The van der Waals surface area contributed by atoms with Crippen molar-refractivity contribution in [2.45, 2.75) is 50.1 Å². The lowest BCUT2D eigenvalue weighted by Crippen LogP contribution is -2.40. The Morgan fingerprint density at radius 1 is 1.00 bits per heavy atom. The van der Waals surface area contributed by atoms with Crippen LogP contribution in [0.15, 0.2) is 65.8 Å². The first-order valence-corrected chi connectivity index (χ1v) is 16.9. The Balaban J connectivity index is 1.60. The maximum atomic E-state index is 13.3. The number of aromatic nitrogens is 2. The van der Waals surface area contributed by atoms with Gasteiger partial charge in [0, 0.05) is 40.5 Å². The zero-order valence-electron chi connectivity index (χ0n) is 22.3. The second kappa shape index (κ2) is 10.7. The van der Waals surface area contributed by atoms with Gasteiger partial charge in [0.15, 0.2) is 5.01 Å². The lowest BCUT2D eigenvalue weighted by molar-refractivity contribution is 0.0934. The summed E-state index contributed by atoms with van der Waals surface area (Å²) in [6.45, 7) is 5.37. The van der Waals surface area contributed by atoms with E-state index < -0.39 is 25.4 Å². The van der Waals surface area contributed by atoms with E-state index in [0.717, 1.165) is 5.56 Å². The van der Waals surface area contributed by atoms with Crippen molar-refractivity contribution < 1.29 is 21.6 Å². The van der Waals surface area contributed by atoms with Crippen molar-refractivity contribution in [2.75, 3.05) is 11.5 Å². The summed E-state index contributed by atoms with van der Waals surface area (Å²) in [5, 5.41) is 4.44. The molecule has 1 aliphatic rings. The number of nitrogens with one attached hydrogen (secondary N) is 2. The molecule has 2 aromatic carbocycles. The van der Waals surface area contributed by atoms with Crippen LogP contribution in [-0.2, 0) is 19.9 Å². The van der Waals surface area contributed by atoms with E-state index in [9.17, 15) is 21.6 Å². The Kier molecular flexibility index (Phi) is 7.55. The topological polar surface area (TPSA) is 135 Å². The maximum absolute atomic E-state index is 13.3. The predicted octanol–water partition coefficient (Wildman–Crippen LogP) is 4.41. The van der Waals surface area contributed by atoms with Crippen LogP contribution in [0.3, 0.4) is 0 Å². The van der Waals surface area contributed by atoms with Gasteiger partial charge in [0.1, 0.15) is 9.84 Å². The lowest BCUT2D eigenvalue weighted by atomic mass is 10.0. The third kappa shape index (κ3) is 6.09. The number of sulfonamides is 1. The van der Waals surface area contributed by atoms with Crippen molar-refractivity contribution in [2.24, 2.45) is 0 Å². The minimum atomic E-state index is -3.82. The molecule has 1 amide bonds. The second-order valence-electron chi connectivity index (χ2n) is 10.9. The first-order chi connectivity index (χ1) is 18.8. The fraction of sp³-hybridized carbons (Fsp3) is 0.321. The Hall–Kier alpha value is -3.19. The Morgan fingerprint density at radius 2 is 1.70 bits per heavy atom. The number of amides is 1. The van der Waals surface area contributed by atoms with Gasteiger partial charge in [-0.1, -0.05) is 30.3 Å². The van der Waals surface area contributed by atoms with Crippen molar-refractivity contribution in [3.63, 3.8) is 0 Å². The normalized spacial score (nSPS) is 16.2. The molecule has 1 aliphatic heterocycles. The van der Waals surface area contributed by atoms with Crippen molar-refractivity contribution >= 4 is 47.9 Å². The van der Waals surface area contributed by atoms with Gasteiger partial charge in [0.25, 0.3) is 5.91 Å². The van der Waals surface area contributed by atoms with Gasteiger partial charge in [-0.3, -0.25) is 9.78 Å². The fourth-order valence-corrected chi connectivity index (χ4v) is 8.89. The second-order valence-corrected chi connectivity index (χ2v) is 15.8. The SMILES string of the molecule is CC(C)(C)NS(=O)(=O)c1ccc(-c2sc(C(=O)NC3CCS(=O)(=O)CC3)nc2-c2cccnc2)c2ccccc12. The number of carbonyl (C=O) groups excluding carboxylic acids is 1. The molecule has 3 heterocycles. The largest absolute Gasteiger partial charge is 0.347 e. The van der Waals surface area contributed by atoms with Gasteiger partial charge in [0.2, 0.25) is 10.0 Å². The van der Waals surface area contributed by atoms with E-state index in [1.807, 2.05) is 18.2 Å². The summed E-state index contributed by atoms with van der Waals surface area (Å²) in [5.74, 6) is -0.274. The lowest BCUT2D eigenvalue weighted by Gasteiger charge is -2.22. The van der Waals surface area contributed by atoms with Crippen LogP contribution < -0.4 is 10.0 Å². The van der Waals surface area contributed by atoms with E-state index in [2.05, 4.69) is 15.0 Å². The highest BCUT2D eigenvalue weighted by atomic mass is 32.2. The van der Waals surface area contributed by atoms with Crippen molar-refractivity contribution in [1.82, 2.24) is 20.0 Å². The van der Waals surface area contributed by atoms with Gasteiger partial charge in [0.05, 0.1) is 27.0 Å². The average molecular weight is 599 g/mol. The summed E-state index contributed by atoms with van der Waals surface area (Å²) in [6.07, 6.45) is 4.05. The fourth-order valence-electron chi connectivity index (χ4n) is 4.74. The molecule has 1 saturated heterocycles. The standard InChI is InChI=1S/C28H30N4O5S3/c1-28(2,3)32-40(36,37)23-11-10-22(20-8-4-5-9-21(20)23)25-24(18-7-6-14-29-17-18)31-27(38-25)26(33)30-19-12-15-39(34,35)16-13-19/h4-11,14,17,19,32H,12-13,15-16H2,1-3H3,(H,30,33). The van der Waals surface area contributed by atoms with Crippen LogP contribution >= 0.6 is 11.3 Å². The van der Waals surface area contributed by atoms with Crippen molar-refractivity contribution in [1.29, 1.82) is 0 Å². The molecule has 1 fully saturated rings. The number of thiazole rings is 1. The van der Waals surface area contributed by atoms with Gasteiger partial charge in [-0.25, -0.2) is 26.5 Å². The highest BCUT2D eigenvalue weighted by Crippen LogP contribution is 2.41. The van der Waals surface area contributed by atoms with Crippen LogP contribution in [0.1, 0.15) is 43.4 Å². The van der Waals surface area contributed by atoms with Crippen molar-refractivity contribution in [3.05, 3.63) is 65.9 Å². The third-order valence-corrected chi connectivity index (χ3v) is 11.1. The quantitative estimate of drug-likeness (QED) is 0.336. The minimum absolute atomic E-state index is 0.0489. The molecule has 210 valence electrons. The molecule has 0 saturated carbocycles. The van der Waals surface area contributed by atoms with Gasteiger partial charge >= 0.3 is 0 Å². The number of sulfone groups is 1. The summed E-state index contributed by atoms with van der Waals surface area (Å²) >= 11 is 1.21. The summed E-state index contributed by atoms with van der Waals surface area (Å²) in [7, 11) is -6.87. The summed E-state index contributed by atoms with van der Waals surface area (Å²) in [5.41, 5.74) is 1.36.